The number of rotatable bonds is 3. The number of amides is 1. The zero-order valence-corrected chi connectivity index (χ0v) is 11.6. The van der Waals surface area contributed by atoms with Crippen LogP contribution in [-0.2, 0) is 0 Å². The predicted molar refractivity (Wildman–Crippen MR) is 72.7 cm³/mol. The van der Waals surface area contributed by atoms with Crippen LogP contribution in [0.2, 0.25) is 0 Å². The summed E-state index contributed by atoms with van der Waals surface area (Å²) in [5.41, 5.74) is 0.531. The van der Waals surface area contributed by atoms with Gasteiger partial charge in [-0.25, -0.2) is 0 Å². The summed E-state index contributed by atoms with van der Waals surface area (Å²) in [6, 6.07) is 5.02. The molecule has 0 aromatic heterocycles. The average molecular weight is 261 g/mol. The van der Waals surface area contributed by atoms with E-state index in [0.717, 1.165) is 6.42 Å². The molecule has 1 aliphatic heterocycles. The van der Waals surface area contributed by atoms with Crippen molar-refractivity contribution in [3.8, 4) is 5.75 Å². The predicted octanol–water partition coefficient (Wildman–Crippen LogP) is 2.57. The first-order valence-corrected chi connectivity index (χ1v) is 6.57. The van der Waals surface area contributed by atoms with Crippen LogP contribution in [0.25, 0.3) is 0 Å². The lowest BCUT2D eigenvalue weighted by atomic mass is 9.92. The van der Waals surface area contributed by atoms with E-state index < -0.39 is 5.60 Å². The van der Waals surface area contributed by atoms with Gasteiger partial charge in [-0.1, -0.05) is 6.92 Å². The van der Waals surface area contributed by atoms with E-state index in [2.05, 4.69) is 5.32 Å². The molecule has 0 aliphatic carbocycles. The summed E-state index contributed by atoms with van der Waals surface area (Å²) in [6.07, 6.45) is 1.22. The topological polar surface area (TPSA) is 55.4 Å². The van der Waals surface area contributed by atoms with Crippen LogP contribution in [-0.4, -0.2) is 23.8 Å². The van der Waals surface area contributed by atoms with E-state index in [1.54, 1.807) is 18.2 Å². The van der Waals surface area contributed by atoms with Gasteiger partial charge in [0, 0.05) is 12.1 Å². The lowest BCUT2D eigenvalue weighted by molar-refractivity contribution is 0.0620. The van der Waals surface area contributed by atoms with Crippen molar-refractivity contribution in [2.45, 2.75) is 39.2 Å². The van der Waals surface area contributed by atoms with Crippen LogP contribution in [0, 0.1) is 0 Å². The Morgan fingerprint density at radius 1 is 1.42 bits per heavy atom. The fourth-order valence-electron chi connectivity index (χ4n) is 2.13. The van der Waals surface area contributed by atoms with Gasteiger partial charge in [-0.05, 0) is 38.5 Å². The molecule has 19 heavy (non-hydrogen) atoms. The van der Waals surface area contributed by atoms with Crippen molar-refractivity contribution < 1.29 is 14.3 Å². The second-order valence-electron chi connectivity index (χ2n) is 5.43. The Balaban J connectivity index is 2.27. The molecule has 1 aliphatic rings. The van der Waals surface area contributed by atoms with Crippen LogP contribution in [0.15, 0.2) is 18.2 Å². The first kappa shape index (κ1) is 13.6. The van der Waals surface area contributed by atoms with E-state index in [1.165, 1.54) is 0 Å². The summed E-state index contributed by atoms with van der Waals surface area (Å²) in [4.78, 5) is 23.9. The third kappa shape index (κ3) is 2.95. The number of ether oxygens (including phenoxy) is 1. The van der Waals surface area contributed by atoms with Gasteiger partial charge in [0.15, 0.2) is 5.78 Å². The maximum Gasteiger partial charge on any atom is 0.251 e. The molecule has 0 unspecified atom stereocenters. The normalized spacial score (nSPS) is 16.5. The van der Waals surface area contributed by atoms with E-state index in [0.29, 0.717) is 29.8 Å². The second-order valence-corrected chi connectivity index (χ2v) is 5.43. The fourth-order valence-corrected chi connectivity index (χ4v) is 2.13. The summed E-state index contributed by atoms with van der Waals surface area (Å²) in [5.74, 6) is 0.437. The van der Waals surface area contributed by atoms with Gasteiger partial charge < -0.3 is 10.1 Å². The molecule has 1 N–H and O–H groups in total. The largest absolute Gasteiger partial charge is 0.487 e. The minimum Gasteiger partial charge on any atom is -0.487 e. The molecule has 0 radical (unpaired) electrons. The molecule has 1 aromatic carbocycles. The standard InChI is InChI=1S/C15H19NO3/c1-4-7-16-14(18)10-5-6-13-11(8-10)12(17)9-15(2,3)19-13/h5-6,8H,4,7,9H2,1-3H3,(H,16,18). The molecular formula is C15H19NO3. The summed E-state index contributed by atoms with van der Waals surface area (Å²) >= 11 is 0. The molecule has 1 heterocycles. The molecule has 0 bridgehead atoms. The molecule has 0 fully saturated rings. The highest BCUT2D eigenvalue weighted by atomic mass is 16.5. The molecule has 4 heteroatoms. The van der Waals surface area contributed by atoms with Crippen LogP contribution in [0.1, 0.15) is 54.3 Å². The second kappa shape index (κ2) is 5.03. The van der Waals surface area contributed by atoms with Crippen molar-refractivity contribution in [2.24, 2.45) is 0 Å². The number of carbonyl (C=O) groups is 2. The molecule has 0 atom stereocenters. The van der Waals surface area contributed by atoms with Gasteiger partial charge in [0.2, 0.25) is 0 Å². The van der Waals surface area contributed by atoms with Crippen LogP contribution in [0.3, 0.4) is 0 Å². The van der Waals surface area contributed by atoms with Gasteiger partial charge in [-0.2, -0.15) is 0 Å². The lowest BCUT2D eigenvalue weighted by Crippen LogP contribution is -2.36. The third-order valence-electron chi connectivity index (χ3n) is 3.05. The number of carbonyl (C=O) groups excluding carboxylic acids is 2. The summed E-state index contributed by atoms with van der Waals surface area (Å²) < 4.78 is 5.75. The number of ketones is 1. The number of hydrogen-bond donors (Lipinski definition) is 1. The van der Waals surface area contributed by atoms with Crippen LogP contribution in [0.4, 0.5) is 0 Å². The fraction of sp³-hybridized carbons (Fsp3) is 0.467. The molecule has 1 amide bonds. The number of Topliss-reactive ketones (excluding diaryl/α,β-unsaturated/α-hetero) is 1. The molecule has 2 rings (SSSR count). The van der Waals surface area contributed by atoms with Gasteiger partial charge in [-0.15, -0.1) is 0 Å². The van der Waals surface area contributed by atoms with Crippen molar-refractivity contribution in [2.75, 3.05) is 6.54 Å². The van der Waals surface area contributed by atoms with Crippen molar-refractivity contribution in [3.05, 3.63) is 29.3 Å². The highest BCUT2D eigenvalue weighted by Crippen LogP contribution is 2.33. The van der Waals surface area contributed by atoms with Crippen LogP contribution >= 0.6 is 0 Å². The zero-order valence-electron chi connectivity index (χ0n) is 11.6. The smallest absolute Gasteiger partial charge is 0.251 e. The molecule has 102 valence electrons. The third-order valence-corrected chi connectivity index (χ3v) is 3.05. The molecular weight excluding hydrogens is 242 g/mol. The Morgan fingerprint density at radius 3 is 2.84 bits per heavy atom. The molecule has 0 spiro atoms. The van der Waals surface area contributed by atoms with E-state index >= 15 is 0 Å². The number of fused-ring (bicyclic) bond motifs is 1. The monoisotopic (exact) mass is 261 g/mol. The first-order valence-electron chi connectivity index (χ1n) is 6.57. The SMILES string of the molecule is CCCNC(=O)c1ccc2c(c1)C(=O)CC(C)(C)O2. The average Bonchev–Trinajstić information content (AvgIpc) is 2.34. The maximum atomic E-state index is 12.1. The Hall–Kier alpha value is -1.84. The Labute approximate surface area is 113 Å². The highest BCUT2D eigenvalue weighted by molar-refractivity contribution is 6.03. The van der Waals surface area contributed by atoms with E-state index in [-0.39, 0.29) is 11.7 Å². The van der Waals surface area contributed by atoms with Gasteiger partial charge in [0.1, 0.15) is 11.4 Å². The highest BCUT2D eigenvalue weighted by Gasteiger charge is 2.32. The van der Waals surface area contributed by atoms with Crippen molar-refractivity contribution in [1.29, 1.82) is 0 Å². The maximum absolute atomic E-state index is 12.1. The van der Waals surface area contributed by atoms with Gasteiger partial charge in [-0.3, -0.25) is 9.59 Å². The minimum atomic E-state index is -0.476. The lowest BCUT2D eigenvalue weighted by Gasteiger charge is -2.31. The van der Waals surface area contributed by atoms with Crippen molar-refractivity contribution >= 4 is 11.7 Å². The molecule has 0 saturated heterocycles. The minimum absolute atomic E-state index is 0.0244. The summed E-state index contributed by atoms with van der Waals surface area (Å²) in [7, 11) is 0. The molecule has 0 saturated carbocycles. The van der Waals surface area contributed by atoms with E-state index in [9.17, 15) is 9.59 Å². The van der Waals surface area contributed by atoms with Crippen molar-refractivity contribution in [1.82, 2.24) is 5.32 Å². The quantitative estimate of drug-likeness (QED) is 0.909. The van der Waals surface area contributed by atoms with E-state index in [1.807, 2.05) is 20.8 Å². The van der Waals surface area contributed by atoms with Gasteiger partial charge in [0.25, 0.3) is 5.91 Å². The Kier molecular flexibility index (Phi) is 3.60. The number of hydrogen-bond acceptors (Lipinski definition) is 3. The summed E-state index contributed by atoms with van der Waals surface area (Å²) in [5, 5.41) is 2.80. The van der Waals surface area contributed by atoms with Gasteiger partial charge in [0.05, 0.1) is 12.0 Å². The molecule has 4 nitrogen and oxygen atoms in total. The Bertz CT molecular complexity index is 520. The van der Waals surface area contributed by atoms with E-state index in [4.69, 9.17) is 4.74 Å². The van der Waals surface area contributed by atoms with Gasteiger partial charge >= 0.3 is 0 Å². The summed E-state index contributed by atoms with van der Waals surface area (Å²) in [6.45, 7) is 6.39. The number of nitrogens with one attached hydrogen (secondary N) is 1. The van der Waals surface area contributed by atoms with Crippen LogP contribution in [0.5, 0.6) is 5.75 Å². The first-order chi connectivity index (χ1) is 8.93. The molecule has 1 aromatic rings. The zero-order chi connectivity index (χ0) is 14.0. The van der Waals surface area contributed by atoms with Crippen LogP contribution < -0.4 is 10.1 Å². The Morgan fingerprint density at radius 2 is 2.16 bits per heavy atom. The number of benzene rings is 1. The van der Waals surface area contributed by atoms with Crippen molar-refractivity contribution in [3.63, 3.8) is 0 Å².